The van der Waals surface area contributed by atoms with Crippen molar-refractivity contribution in [2.45, 2.75) is 44.5 Å². The van der Waals surface area contributed by atoms with Gasteiger partial charge < -0.3 is 46.8 Å². The van der Waals surface area contributed by atoms with Gasteiger partial charge in [-0.15, -0.1) is 0 Å². The van der Waals surface area contributed by atoms with E-state index in [4.69, 9.17) is 10.5 Å². The van der Waals surface area contributed by atoms with E-state index in [1.54, 1.807) is 12.1 Å². The highest BCUT2D eigenvalue weighted by Gasteiger charge is 2.44. The van der Waals surface area contributed by atoms with E-state index in [-0.39, 0.29) is 23.1 Å². The van der Waals surface area contributed by atoms with E-state index < -0.39 is 43.2 Å². The minimum absolute atomic E-state index is 0.0339. The van der Waals surface area contributed by atoms with Crippen LogP contribution in [-0.4, -0.2) is 75.4 Å². The van der Waals surface area contributed by atoms with Crippen LogP contribution in [0.2, 0.25) is 0 Å². The van der Waals surface area contributed by atoms with Crippen molar-refractivity contribution in [3.05, 3.63) is 34.5 Å². The second-order valence-corrected chi connectivity index (χ2v) is 11.7. The summed E-state index contributed by atoms with van der Waals surface area (Å²) >= 11 is 6.24. The number of anilines is 3. The molecule has 0 unspecified atom stereocenters. The Bertz CT molecular complexity index is 1230. The van der Waals surface area contributed by atoms with Crippen molar-refractivity contribution in [3.63, 3.8) is 0 Å². The summed E-state index contributed by atoms with van der Waals surface area (Å²) in [5, 5.41) is 47.8. The predicted molar refractivity (Wildman–Crippen MR) is 164 cm³/mol. The zero-order valence-electron chi connectivity index (χ0n) is 20.0. The molecular weight excluding hydrogens is 841 g/mol. The number of hydrogen-bond donors (Lipinski definition) is 8. The number of nitrogen functional groups attached to an aromatic ring is 1. The Morgan fingerprint density at radius 1 is 0.947 bits per heavy atom. The summed E-state index contributed by atoms with van der Waals surface area (Å²) in [6.45, 7) is 2.12. The van der Waals surface area contributed by atoms with Crippen molar-refractivity contribution in [3.8, 4) is 11.1 Å². The monoisotopic (exact) mass is 866 g/mol. The van der Waals surface area contributed by atoms with Gasteiger partial charge in [-0.25, -0.2) is 0 Å². The molecule has 0 radical (unpaired) electrons. The number of aliphatic hydroxyl groups excluding tert-OH is 4. The highest BCUT2D eigenvalue weighted by Crippen LogP contribution is 2.44. The molecule has 5 atom stereocenters. The number of nitrogens with one attached hydrogen (secondary N) is 3. The molecule has 2 aromatic carbocycles. The van der Waals surface area contributed by atoms with Gasteiger partial charge in [0.15, 0.2) is 6.29 Å². The van der Waals surface area contributed by atoms with E-state index in [9.17, 15) is 34.8 Å². The molecule has 0 aromatic heterocycles. The number of carbonyl (C=O) groups excluding carboxylic acids is 3. The maximum Gasteiger partial charge on any atom is 0.253 e. The number of amides is 3. The van der Waals surface area contributed by atoms with Crippen LogP contribution in [0.25, 0.3) is 11.1 Å². The highest BCUT2D eigenvalue weighted by molar-refractivity contribution is 14.1. The van der Waals surface area contributed by atoms with Crippen LogP contribution in [0, 0.1) is 10.7 Å². The van der Waals surface area contributed by atoms with E-state index >= 15 is 0 Å². The molecule has 0 spiro atoms. The van der Waals surface area contributed by atoms with Crippen LogP contribution in [0.4, 0.5) is 17.1 Å². The minimum atomic E-state index is -1.68. The fourth-order valence-corrected chi connectivity index (χ4v) is 8.22. The van der Waals surface area contributed by atoms with Gasteiger partial charge in [0.05, 0.1) is 27.1 Å². The van der Waals surface area contributed by atoms with Crippen LogP contribution >= 0.6 is 67.8 Å². The van der Waals surface area contributed by atoms with Crippen molar-refractivity contribution in [1.29, 1.82) is 0 Å². The van der Waals surface area contributed by atoms with Gasteiger partial charge in [0, 0.05) is 32.2 Å². The molecule has 2 aromatic rings. The molecular formula is C23H25I3N4O8. The molecule has 38 heavy (non-hydrogen) atoms. The second-order valence-electron chi connectivity index (χ2n) is 8.46. The van der Waals surface area contributed by atoms with E-state index in [1.165, 1.54) is 19.9 Å². The topological polar surface area (TPSA) is 203 Å². The highest BCUT2D eigenvalue weighted by atomic mass is 127. The zero-order valence-corrected chi connectivity index (χ0v) is 26.4. The lowest BCUT2D eigenvalue weighted by Crippen LogP contribution is -2.64. The Labute approximate surface area is 258 Å². The predicted octanol–water partition coefficient (Wildman–Crippen LogP) is 1.20. The SMILES string of the molecule is CC(=O)Nc1c(I)c(NC(C)=O)c(I)c(-c2ccc(C(=O)N[C@@H]3[C@@H](O)[C@H](O)[C@@H](CO)O[C@H]3O)c(N)c2)c1I. The quantitative estimate of drug-likeness (QED) is 0.155. The van der Waals surface area contributed by atoms with Crippen molar-refractivity contribution in [1.82, 2.24) is 5.32 Å². The van der Waals surface area contributed by atoms with Crippen molar-refractivity contribution in [2.24, 2.45) is 0 Å². The summed E-state index contributed by atoms with van der Waals surface area (Å²) in [5.74, 6) is -1.32. The van der Waals surface area contributed by atoms with Gasteiger partial charge in [0.25, 0.3) is 5.91 Å². The molecule has 1 saturated heterocycles. The van der Waals surface area contributed by atoms with Crippen LogP contribution < -0.4 is 21.7 Å². The molecule has 1 fully saturated rings. The molecule has 3 amide bonds. The molecule has 1 heterocycles. The summed E-state index contributed by atoms with van der Waals surface area (Å²) in [7, 11) is 0. The third-order valence-corrected chi connectivity index (χ3v) is 8.94. The zero-order chi connectivity index (χ0) is 28.5. The molecule has 0 bridgehead atoms. The lowest BCUT2D eigenvalue weighted by atomic mass is 9.96. The minimum Gasteiger partial charge on any atom is -0.398 e. The van der Waals surface area contributed by atoms with E-state index in [1.807, 2.05) is 0 Å². The number of carbonyl (C=O) groups is 3. The largest absolute Gasteiger partial charge is 0.398 e. The molecule has 0 saturated carbocycles. The maximum absolute atomic E-state index is 13.0. The lowest BCUT2D eigenvalue weighted by molar-refractivity contribution is -0.252. The van der Waals surface area contributed by atoms with Crippen LogP contribution in [0.1, 0.15) is 24.2 Å². The summed E-state index contributed by atoms with van der Waals surface area (Å²) in [4.78, 5) is 36.7. The van der Waals surface area contributed by atoms with Crippen LogP contribution in [-0.2, 0) is 14.3 Å². The third-order valence-electron chi connectivity index (χ3n) is 5.70. The van der Waals surface area contributed by atoms with E-state index in [2.05, 4.69) is 83.7 Å². The Morgan fingerprint density at radius 2 is 1.50 bits per heavy atom. The van der Waals surface area contributed by atoms with Crippen molar-refractivity contribution < 1.29 is 39.5 Å². The lowest BCUT2D eigenvalue weighted by Gasteiger charge is -2.40. The van der Waals surface area contributed by atoms with E-state index in [0.717, 1.165) is 0 Å². The molecule has 1 aliphatic heterocycles. The van der Waals surface area contributed by atoms with Gasteiger partial charge in [0.1, 0.15) is 24.4 Å². The summed E-state index contributed by atoms with van der Waals surface area (Å²) in [6.07, 6.45) is -6.02. The molecule has 206 valence electrons. The first kappa shape index (κ1) is 31.2. The Balaban J connectivity index is 1.99. The first-order valence-corrected chi connectivity index (χ1v) is 14.3. The Kier molecular flexibility index (Phi) is 10.6. The van der Waals surface area contributed by atoms with Crippen molar-refractivity contribution >= 4 is 103 Å². The standard InChI is InChI=1S/C23H25I3N4O8/c1-7(32)28-17-14(24)13(15(25)18(16(17)26)29-8(2)33)9-3-4-10(11(27)5-9)22(36)30-19-21(35)20(34)12(6-31)38-23(19)37/h3-5,12,19-21,23,31,34-35,37H,6,27H2,1-2H3,(H,28,32)(H,29,33)(H,30,36)/t12-,19-,20-,21-,23-/m1/s1. The molecule has 0 aliphatic carbocycles. The van der Waals surface area contributed by atoms with Crippen LogP contribution in [0.3, 0.4) is 0 Å². The number of halogens is 3. The maximum atomic E-state index is 13.0. The van der Waals surface area contributed by atoms with Gasteiger partial charge in [-0.1, -0.05) is 6.07 Å². The van der Waals surface area contributed by atoms with Crippen LogP contribution in [0.5, 0.6) is 0 Å². The molecule has 3 rings (SSSR count). The Morgan fingerprint density at radius 3 is 1.97 bits per heavy atom. The number of hydrogen-bond acceptors (Lipinski definition) is 9. The van der Waals surface area contributed by atoms with Gasteiger partial charge in [-0.3, -0.25) is 14.4 Å². The van der Waals surface area contributed by atoms with Gasteiger partial charge >= 0.3 is 0 Å². The average Bonchev–Trinajstić information content (AvgIpc) is 2.84. The fraction of sp³-hybridized carbons (Fsp3) is 0.348. The fourth-order valence-electron chi connectivity index (χ4n) is 3.90. The number of benzene rings is 2. The molecule has 1 aliphatic rings. The second kappa shape index (κ2) is 12.9. The first-order chi connectivity index (χ1) is 17.8. The number of rotatable bonds is 6. The average molecular weight is 866 g/mol. The summed E-state index contributed by atoms with van der Waals surface area (Å²) in [6, 6.07) is 3.26. The molecule has 12 nitrogen and oxygen atoms in total. The molecule has 9 N–H and O–H groups in total. The molecule has 15 heteroatoms. The van der Waals surface area contributed by atoms with Gasteiger partial charge in [0.2, 0.25) is 11.8 Å². The van der Waals surface area contributed by atoms with Crippen LogP contribution in [0.15, 0.2) is 18.2 Å². The number of aliphatic hydroxyl groups is 4. The number of ether oxygens (including phenoxy) is 1. The third kappa shape index (κ3) is 6.50. The van der Waals surface area contributed by atoms with E-state index in [0.29, 0.717) is 33.2 Å². The summed E-state index contributed by atoms with van der Waals surface area (Å²) < 4.78 is 7.10. The Hall–Kier alpha value is -1.36. The normalized spacial score (nSPS) is 23.0. The van der Waals surface area contributed by atoms with Gasteiger partial charge in [-0.05, 0) is 85.5 Å². The van der Waals surface area contributed by atoms with Gasteiger partial charge in [-0.2, -0.15) is 0 Å². The first-order valence-electron chi connectivity index (χ1n) is 11.0. The van der Waals surface area contributed by atoms with Crippen molar-refractivity contribution in [2.75, 3.05) is 23.0 Å². The number of nitrogens with two attached hydrogens (primary N) is 1. The smallest absolute Gasteiger partial charge is 0.253 e. The summed E-state index contributed by atoms with van der Waals surface area (Å²) in [5.41, 5.74) is 8.63.